The van der Waals surface area contributed by atoms with Crippen LogP contribution in [0.3, 0.4) is 0 Å². The maximum Gasteiger partial charge on any atom is 0.195 e. The molecular weight excluding hydrogens is 471 g/mol. The summed E-state index contributed by atoms with van der Waals surface area (Å²) >= 11 is 0. The fourth-order valence-electron chi connectivity index (χ4n) is 5.55. The van der Waals surface area contributed by atoms with Crippen molar-refractivity contribution in [1.82, 2.24) is 34.4 Å². The number of ketones is 1. The number of benzene rings is 1. The van der Waals surface area contributed by atoms with Gasteiger partial charge in [0.05, 0.1) is 29.7 Å². The fourth-order valence-corrected chi connectivity index (χ4v) is 5.55. The van der Waals surface area contributed by atoms with Crippen LogP contribution < -0.4 is 0 Å². The van der Waals surface area contributed by atoms with E-state index >= 15 is 0 Å². The number of rotatable bonds is 5. The number of hydrogen-bond acceptors (Lipinski definition) is 6. The quantitative estimate of drug-likeness (QED) is 0.311. The SMILES string of the molecule is Cn1nc2c(c1-c1cc(F)c(F)c(F)c1)C[C@H]1CCC[C@@H]2N1CC(=O)c1cc(-n2cnnc2)ccn1. The summed E-state index contributed by atoms with van der Waals surface area (Å²) < 4.78 is 44.9. The first-order chi connectivity index (χ1) is 17.4. The minimum Gasteiger partial charge on any atom is -0.291 e. The Morgan fingerprint density at radius 1 is 1.08 bits per heavy atom. The van der Waals surface area contributed by atoms with Gasteiger partial charge in [0.1, 0.15) is 18.3 Å². The number of fused-ring (bicyclic) bond motifs is 4. The van der Waals surface area contributed by atoms with Gasteiger partial charge in [-0.3, -0.25) is 23.9 Å². The van der Waals surface area contributed by atoms with Crippen LogP contribution in [-0.4, -0.2) is 52.8 Å². The van der Waals surface area contributed by atoms with Crippen LogP contribution >= 0.6 is 0 Å². The number of carbonyl (C=O) groups excluding carboxylic acids is 1. The van der Waals surface area contributed by atoms with Gasteiger partial charge in [0.25, 0.3) is 0 Å². The summed E-state index contributed by atoms with van der Waals surface area (Å²) in [6.45, 7) is 0.180. The average Bonchev–Trinajstić information content (AvgIpc) is 3.51. The van der Waals surface area contributed by atoms with E-state index < -0.39 is 17.5 Å². The number of aryl methyl sites for hydroxylation is 1. The molecule has 0 radical (unpaired) electrons. The van der Waals surface area contributed by atoms with Crippen LogP contribution in [0.1, 0.15) is 47.1 Å². The number of aromatic nitrogens is 6. The topological polar surface area (TPSA) is 81.7 Å². The number of pyridine rings is 1. The highest BCUT2D eigenvalue weighted by atomic mass is 19.2. The number of Topliss-reactive ketones (excluding diaryl/α,β-unsaturated/α-hetero) is 1. The van der Waals surface area contributed by atoms with E-state index in [2.05, 4.69) is 20.1 Å². The molecule has 0 amide bonds. The highest BCUT2D eigenvalue weighted by molar-refractivity contribution is 5.96. The number of nitrogens with zero attached hydrogens (tertiary/aromatic N) is 7. The van der Waals surface area contributed by atoms with Gasteiger partial charge in [-0.15, -0.1) is 10.2 Å². The molecule has 36 heavy (non-hydrogen) atoms. The Hall–Kier alpha value is -3.86. The molecule has 8 nitrogen and oxygen atoms in total. The first-order valence-electron chi connectivity index (χ1n) is 11.7. The smallest absolute Gasteiger partial charge is 0.195 e. The number of hydrogen-bond donors (Lipinski definition) is 0. The predicted molar refractivity (Wildman–Crippen MR) is 123 cm³/mol. The van der Waals surface area contributed by atoms with Gasteiger partial charge in [-0.05, 0) is 49.9 Å². The van der Waals surface area contributed by atoms with Crippen LogP contribution in [0.2, 0.25) is 0 Å². The summed E-state index contributed by atoms with van der Waals surface area (Å²) in [6, 6.07) is 5.48. The Labute approximate surface area is 204 Å². The molecule has 6 rings (SSSR count). The van der Waals surface area contributed by atoms with Gasteiger partial charge in [-0.1, -0.05) is 0 Å². The van der Waals surface area contributed by atoms with Gasteiger partial charge in [-0.25, -0.2) is 13.2 Å². The molecule has 4 aromatic rings. The van der Waals surface area contributed by atoms with Crippen molar-refractivity contribution in [3.05, 3.63) is 77.5 Å². The van der Waals surface area contributed by atoms with E-state index in [9.17, 15) is 18.0 Å². The Balaban J connectivity index is 1.32. The maximum absolute atomic E-state index is 14.0. The van der Waals surface area contributed by atoms with Crippen LogP contribution in [0, 0.1) is 17.5 Å². The van der Waals surface area contributed by atoms with E-state index in [0.717, 1.165) is 48.3 Å². The Morgan fingerprint density at radius 3 is 2.58 bits per heavy atom. The Morgan fingerprint density at radius 2 is 1.83 bits per heavy atom. The highest BCUT2D eigenvalue weighted by Gasteiger charge is 2.42. The minimum atomic E-state index is -1.49. The van der Waals surface area contributed by atoms with Crippen molar-refractivity contribution >= 4 is 5.78 Å². The molecule has 2 aliphatic rings. The molecule has 2 bridgehead atoms. The molecule has 0 N–H and O–H groups in total. The average molecular weight is 493 g/mol. The van der Waals surface area contributed by atoms with Crippen molar-refractivity contribution in [2.75, 3.05) is 6.54 Å². The summed E-state index contributed by atoms with van der Waals surface area (Å²) in [7, 11) is 1.71. The fraction of sp³-hybridized carbons (Fsp3) is 0.320. The minimum absolute atomic E-state index is 0.0688. The Bertz CT molecular complexity index is 1440. The lowest BCUT2D eigenvalue weighted by atomic mass is 9.81. The van der Waals surface area contributed by atoms with Crippen LogP contribution in [0.5, 0.6) is 0 Å². The van der Waals surface area contributed by atoms with E-state index in [4.69, 9.17) is 5.10 Å². The van der Waals surface area contributed by atoms with Crippen LogP contribution in [0.25, 0.3) is 16.9 Å². The van der Waals surface area contributed by atoms with E-state index in [1.165, 1.54) is 0 Å². The van der Waals surface area contributed by atoms with Gasteiger partial charge < -0.3 is 0 Å². The van der Waals surface area contributed by atoms with E-state index in [0.29, 0.717) is 17.8 Å². The lowest BCUT2D eigenvalue weighted by molar-refractivity contribution is 0.0559. The van der Waals surface area contributed by atoms with Crippen molar-refractivity contribution in [1.29, 1.82) is 0 Å². The molecule has 0 unspecified atom stereocenters. The van der Waals surface area contributed by atoms with Gasteiger partial charge in [0, 0.05) is 30.4 Å². The molecule has 2 atom stereocenters. The molecule has 1 fully saturated rings. The lowest BCUT2D eigenvalue weighted by Gasteiger charge is -2.45. The Kier molecular flexibility index (Phi) is 5.44. The van der Waals surface area contributed by atoms with Gasteiger partial charge in [0.2, 0.25) is 0 Å². The third-order valence-electron chi connectivity index (χ3n) is 7.15. The molecule has 2 aliphatic heterocycles. The van der Waals surface area contributed by atoms with Gasteiger partial charge in [0.15, 0.2) is 23.2 Å². The first-order valence-corrected chi connectivity index (χ1v) is 11.7. The van der Waals surface area contributed by atoms with Crippen molar-refractivity contribution < 1.29 is 18.0 Å². The van der Waals surface area contributed by atoms with Crippen molar-refractivity contribution in [3.63, 3.8) is 0 Å². The molecule has 11 heteroatoms. The molecule has 1 saturated heterocycles. The lowest BCUT2D eigenvalue weighted by Crippen LogP contribution is -2.48. The van der Waals surface area contributed by atoms with Crippen molar-refractivity contribution in [2.45, 2.75) is 37.8 Å². The van der Waals surface area contributed by atoms with Crippen LogP contribution in [0.4, 0.5) is 13.2 Å². The van der Waals surface area contributed by atoms with Crippen molar-refractivity contribution in [3.8, 4) is 16.9 Å². The molecule has 0 spiro atoms. The monoisotopic (exact) mass is 493 g/mol. The second-order valence-electron chi connectivity index (χ2n) is 9.26. The molecular formula is C25H22F3N7O. The molecule has 0 aliphatic carbocycles. The van der Waals surface area contributed by atoms with Gasteiger partial charge in [-0.2, -0.15) is 5.10 Å². The third-order valence-corrected chi connectivity index (χ3v) is 7.15. The molecule has 3 aromatic heterocycles. The van der Waals surface area contributed by atoms with E-state index in [-0.39, 0.29) is 30.0 Å². The summed E-state index contributed by atoms with van der Waals surface area (Å²) in [5.41, 5.74) is 3.62. The second-order valence-corrected chi connectivity index (χ2v) is 9.26. The molecule has 184 valence electrons. The zero-order chi connectivity index (χ0) is 25.0. The van der Waals surface area contributed by atoms with E-state index in [1.54, 1.807) is 47.3 Å². The van der Waals surface area contributed by atoms with Gasteiger partial charge >= 0.3 is 0 Å². The predicted octanol–water partition coefficient (Wildman–Crippen LogP) is 3.81. The molecule has 1 aromatic carbocycles. The molecule has 5 heterocycles. The van der Waals surface area contributed by atoms with Crippen molar-refractivity contribution in [2.24, 2.45) is 7.05 Å². The number of halogens is 3. The summed E-state index contributed by atoms with van der Waals surface area (Å²) in [6.07, 6.45) is 7.97. The number of carbonyl (C=O) groups is 1. The van der Waals surface area contributed by atoms with Crippen LogP contribution in [0.15, 0.2) is 43.1 Å². The van der Waals surface area contributed by atoms with Crippen LogP contribution in [-0.2, 0) is 13.5 Å². The molecule has 0 saturated carbocycles. The third kappa shape index (κ3) is 3.70. The van der Waals surface area contributed by atoms with E-state index in [1.807, 2.05) is 0 Å². The highest BCUT2D eigenvalue weighted by Crippen LogP contribution is 2.44. The number of piperidine rings is 1. The normalized spacial score (nSPS) is 19.3. The zero-order valence-electron chi connectivity index (χ0n) is 19.4. The summed E-state index contributed by atoms with van der Waals surface area (Å²) in [5.74, 6) is -4.06. The largest absolute Gasteiger partial charge is 0.291 e. The first kappa shape index (κ1) is 22.6. The summed E-state index contributed by atoms with van der Waals surface area (Å²) in [4.78, 5) is 19.7. The maximum atomic E-state index is 14.0. The standard InChI is InChI=1S/C25H22F3N7O/c1-33-25(14-7-18(26)23(28)19(27)8-14)17-9-16-3-2-4-21(24(17)32-33)35(16)11-22(36)20-10-15(5-6-29-20)34-12-30-31-13-34/h5-8,10,12-13,16,21H,2-4,9,11H2,1H3/t16-,21+/m1/s1. The summed E-state index contributed by atoms with van der Waals surface area (Å²) in [5, 5.41) is 12.3. The second kappa shape index (κ2) is 8.66. The zero-order valence-corrected chi connectivity index (χ0v) is 19.4.